The molecule has 1 aliphatic carbocycles. The van der Waals surface area contributed by atoms with Gasteiger partial charge in [0, 0.05) is 19.0 Å². The van der Waals surface area contributed by atoms with Crippen LogP contribution in [0.15, 0.2) is 30.3 Å². The van der Waals surface area contributed by atoms with E-state index in [0.29, 0.717) is 12.8 Å². The van der Waals surface area contributed by atoms with Crippen LogP contribution in [0.4, 0.5) is 14.0 Å². The highest BCUT2D eigenvalue weighted by atomic mass is 19.1. The largest absolute Gasteiger partial charge is 0.445 e. The lowest BCUT2D eigenvalue weighted by Crippen LogP contribution is -2.54. The SMILES string of the molecule is CC(C)(C)OC(=O)N[C@@]12CC[C@H](F)[C@@H]1CN(C(=O)OCc1ccccc1)C2. The summed E-state index contributed by atoms with van der Waals surface area (Å²) in [5.74, 6) is -0.450. The molecule has 1 heterocycles. The van der Waals surface area contributed by atoms with E-state index in [4.69, 9.17) is 9.47 Å². The van der Waals surface area contributed by atoms with Crippen molar-refractivity contribution in [2.45, 2.75) is 57.5 Å². The van der Waals surface area contributed by atoms with Crippen molar-refractivity contribution in [1.29, 1.82) is 0 Å². The molecule has 2 fully saturated rings. The number of amides is 2. The number of halogens is 1. The quantitative estimate of drug-likeness (QED) is 0.872. The molecule has 3 rings (SSSR count). The van der Waals surface area contributed by atoms with Gasteiger partial charge in [0.25, 0.3) is 0 Å². The average molecular weight is 378 g/mol. The summed E-state index contributed by atoms with van der Waals surface area (Å²) in [4.78, 5) is 26.2. The van der Waals surface area contributed by atoms with Gasteiger partial charge in [0.05, 0.1) is 5.54 Å². The van der Waals surface area contributed by atoms with Gasteiger partial charge in [0.2, 0.25) is 0 Å². The number of likely N-dealkylation sites (tertiary alicyclic amines) is 1. The minimum atomic E-state index is -1.06. The molecular formula is C20H27FN2O4. The van der Waals surface area contributed by atoms with Gasteiger partial charge < -0.3 is 19.7 Å². The van der Waals surface area contributed by atoms with Crippen molar-refractivity contribution in [1.82, 2.24) is 10.2 Å². The first-order valence-corrected chi connectivity index (χ1v) is 9.29. The normalized spacial score (nSPS) is 27.2. The molecule has 1 aliphatic heterocycles. The van der Waals surface area contributed by atoms with E-state index in [9.17, 15) is 14.0 Å². The zero-order valence-electron chi connectivity index (χ0n) is 16.0. The average Bonchev–Trinajstić information content (AvgIpc) is 3.09. The number of carbonyl (C=O) groups excluding carboxylic acids is 2. The van der Waals surface area contributed by atoms with Crippen molar-refractivity contribution in [2.75, 3.05) is 13.1 Å². The lowest BCUT2D eigenvalue weighted by molar-refractivity contribution is 0.0434. The fourth-order valence-electron chi connectivity index (χ4n) is 3.91. The van der Waals surface area contributed by atoms with Gasteiger partial charge in [-0.25, -0.2) is 14.0 Å². The predicted molar refractivity (Wildman–Crippen MR) is 97.9 cm³/mol. The number of benzene rings is 1. The summed E-state index contributed by atoms with van der Waals surface area (Å²) < 4.78 is 25.1. The highest BCUT2D eigenvalue weighted by molar-refractivity contribution is 5.71. The molecule has 0 radical (unpaired) electrons. The number of fused-ring (bicyclic) bond motifs is 1. The standard InChI is InChI=1S/C20H27FN2O4/c1-19(2,3)27-17(24)22-20-10-9-16(21)15(20)11-23(13-20)18(25)26-12-14-7-5-4-6-8-14/h4-8,15-16H,9-13H2,1-3H3,(H,22,24)/t15-,16-,20+/m0/s1. The molecule has 27 heavy (non-hydrogen) atoms. The molecule has 0 spiro atoms. The molecule has 148 valence electrons. The fraction of sp³-hybridized carbons (Fsp3) is 0.600. The molecule has 0 bridgehead atoms. The van der Waals surface area contributed by atoms with Gasteiger partial charge in [-0.2, -0.15) is 0 Å². The Hall–Kier alpha value is -2.31. The topological polar surface area (TPSA) is 67.9 Å². The van der Waals surface area contributed by atoms with E-state index in [-0.39, 0.29) is 19.7 Å². The molecule has 1 saturated heterocycles. The van der Waals surface area contributed by atoms with Crippen LogP contribution in [0.2, 0.25) is 0 Å². The Morgan fingerprint density at radius 2 is 2.00 bits per heavy atom. The second-order valence-corrected chi connectivity index (χ2v) is 8.36. The van der Waals surface area contributed by atoms with Crippen LogP contribution in [0.3, 0.4) is 0 Å². The highest BCUT2D eigenvalue weighted by Gasteiger charge is 2.57. The Bertz CT molecular complexity index is 691. The molecule has 0 unspecified atom stereocenters. The number of hydrogen-bond donors (Lipinski definition) is 1. The Morgan fingerprint density at radius 1 is 1.30 bits per heavy atom. The van der Waals surface area contributed by atoms with Crippen LogP contribution < -0.4 is 5.32 Å². The number of carbonyl (C=O) groups is 2. The molecule has 1 aromatic rings. The van der Waals surface area contributed by atoms with E-state index >= 15 is 0 Å². The number of hydrogen-bond acceptors (Lipinski definition) is 4. The summed E-state index contributed by atoms with van der Waals surface area (Å²) in [6.07, 6.45) is -1.30. The van der Waals surface area contributed by atoms with Crippen LogP contribution >= 0.6 is 0 Å². The third-order valence-electron chi connectivity index (χ3n) is 5.12. The van der Waals surface area contributed by atoms with Crippen LogP contribution in [0.5, 0.6) is 0 Å². The van der Waals surface area contributed by atoms with Crippen LogP contribution in [0.1, 0.15) is 39.2 Å². The van der Waals surface area contributed by atoms with Crippen LogP contribution in [0, 0.1) is 5.92 Å². The van der Waals surface area contributed by atoms with E-state index in [0.717, 1.165) is 5.56 Å². The van der Waals surface area contributed by atoms with E-state index in [1.54, 1.807) is 20.8 Å². The number of rotatable bonds is 3. The number of nitrogens with one attached hydrogen (secondary N) is 1. The van der Waals surface area contributed by atoms with E-state index in [1.807, 2.05) is 30.3 Å². The molecule has 1 saturated carbocycles. The van der Waals surface area contributed by atoms with Crippen molar-refractivity contribution in [3.8, 4) is 0 Å². The maximum absolute atomic E-state index is 14.4. The second-order valence-electron chi connectivity index (χ2n) is 8.36. The minimum absolute atomic E-state index is 0.159. The van der Waals surface area contributed by atoms with Crippen molar-refractivity contribution < 1.29 is 23.5 Å². The van der Waals surface area contributed by atoms with Gasteiger partial charge >= 0.3 is 12.2 Å². The zero-order chi connectivity index (χ0) is 19.7. The van der Waals surface area contributed by atoms with Crippen molar-refractivity contribution in [3.63, 3.8) is 0 Å². The molecule has 3 atom stereocenters. The van der Waals surface area contributed by atoms with Gasteiger partial charge in [0.15, 0.2) is 0 Å². The molecule has 1 N–H and O–H groups in total. The summed E-state index contributed by atoms with van der Waals surface area (Å²) in [5, 5.41) is 2.85. The van der Waals surface area contributed by atoms with E-state index in [1.165, 1.54) is 4.90 Å². The minimum Gasteiger partial charge on any atom is -0.445 e. The number of alkyl carbamates (subject to hydrolysis) is 1. The lowest BCUT2D eigenvalue weighted by Gasteiger charge is -2.31. The maximum Gasteiger partial charge on any atom is 0.410 e. The highest BCUT2D eigenvalue weighted by Crippen LogP contribution is 2.43. The Balaban J connectivity index is 1.63. The third kappa shape index (κ3) is 4.51. The maximum atomic E-state index is 14.4. The smallest absolute Gasteiger partial charge is 0.410 e. The molecule has 2 amide bonds. The fourth-order valence-corrected chi connectivity index (χ4v) is 3.91. The molecular weight excluding hydrogens is 351 g/mol. The predicted octanol–water partition coefficient (Wildman–Crippen LogP) is 3.65. The molecule has 0 aromatic heterocycles. The van der Waals surface area contributed by atoms with E-state index in [2.05, 4.69) is 5.32 Å². The third-order valence-corrected chi connectivity index (χ3v) is 5.12. The monoisotopic (exact) mass is 378 g/mol. The zero-order valence-corrected chi connectivity index (χ0v) is 16.0. The van der Waals surface area contributed by atoms with Crippen LogP contribution in [0.25, 0.3) is 0 Å². The van der Waals surface area contributed by atoms with Gasteiger partial charge in [-0.1, -0.05) is 30.3 Å². The first-order valence-electron chi connectivity index (χ1n) is 9.29. The number of nitrogens with zero attached hydrogens (tertiary/aromatic N) is 1. The number of ether oxygens (including phenoxy) is 2. The summed E-state index contributed by atoms with van der Waals surface area (Å²) in [6.45, 7) is 5.94. The Kier molecular flexibility index (Phi) is 5.31. The van der Waals surface area contributed by atoms with Gasteiger partial charge in [0.1, 0.15) is 18.4 Å². The molecule has 1 aromatic carbocycles. The van der Waals surface area contributed by atoms with Crippen LogP contribution in [-0.4, -0.2) is 47.5 Å². The summed E-state index contributed by atoms with van der Waals surface area (Å²) in [5.41, 5.74) is -0.556. The van der Waals surface area contributed by atoms with Gasteiger partial charge in [-0.15, -0.1) is 0 Å². The summed E-state index contributed by atoms with van der Waals surface area (Å²) in [7, 11) is 0. The van der Waals surface area contributed by atoms with Crippen molar-refractivity contribution in [2.24, 2.45) is 5.92 Å². The summed E-state index contributed by atoms with van der Waals surface area (Å²) >= 11 is 0. The summed E-state index contributed by atoms with van der Waals surface area (Å²) in [6, 6.07) is 9.37. The Morgan fingerprint density at radius 3 is 2.67 bits per heavy atom. The van der Waals surface area contributed by atoms with Crippen LogP contribution in [-0.2, 0) is 16.1 Å². The number of alkyl halides is 1. The van der Waals surface area contributed by atoms with E-state index < -0.39 is 35.4 Å². The molecule has 7 heteroatoms. The molecule has 2 aliphatic rings. The second kappa shape index (κ2) is 7.37. The lowest BCUT2D eigenvalue weighted by atomic mass is 9.90. The first-order chi connectivity index (χ1) is 12.7. The Labute approximate surface area is 159 Å². The molecule has 6 nitrogen and oxygen atoms in total. The van der Waals surface area contributed by atoms with Gasteiger partial charge in [-0.3, -0.25) is 0 Å². The first kappa shape index (κ1) is 19.5. The van der Waals surface area contributed by atoms with Crippen molar-refractivity contribution >= 4 is 12.2 Å². The van der Waals surface area contributed by atoms with Crippen molar-refractivity contribution in [3.05, 3.63) is 35.9 Å². The van der Waals surface area contributed by atoms with Gasteiger partial charge in [-0.05, 0) is 39.2 Å².